The van der Waals surface area contributed by atoms with Crippen molar-refractivity contribution in [2.75, 3.05) is 7.11 Å². The van der Waals surface area contributed by atoms with E-state index < -0.39 is 11.8 Å². The summed E-state index contributed by atoms with van der Waals surface area (Å²) in [6.45, 7) is 0. The van der Waals surface area contributed by atoms with E-state index in [1.165, 1.54) is 7.11 Å². The third-order valence-electron chi connectivity index (χ3n) is 0.773. The lowest BCUT2D eigenvalue weighted by Crippen LogP contribution is -1.98. The fourth-order valence-corrected chi connectivity index (χ4v) is 0.379. The van der Waals surface area contributed by atoms with Crippen LogP contribution in [-0.4, -0.2) is 28.3 Å². The lowest BCUT2D eigenvalue weighted by atomic mass is 10.6. The van der Waals surface area contributed by atoms with E-state index in [2.05, 4.69) is 19.4 Å². The Kier molecular flexibility index (Phi) is 1.53. The van der Waals surface area contributed by atoms with E-state index in [9.17, 15) is 4.79 Å². The third kappa shape index (κ3) is 1.04. The van der Waals surface area contributed by atoms with Gasteiger partial charge in [-0.15, -0.1) is 4.98 Å². The summed E-state index contributed by atoms with van der Waals surface area (Å²) in [6.07, 6.45) is -0.155. The summed E-state index contributed by atoms with van der Waals surface area (Å²) in [7, 11) is 1.30. The van der Waals surface area contributed by atoms with Gasteiger partial charge >= 0.3 is 12.0 Å². The van der Waals surface area contributed by atoms with Gasteiger partial charge in [0, 0.05) is 0 Å². The maximum absolute atomic E-state index is 10.1. The number of rotatable bonds is 2. The van der Waals surface area contributed by atoms with Gasteiger partial charge in [-0.2, -0.15) is 0 Å². The van der Waals surface area contributed by atoms with Crippen molar-refractivity contribution in [2.24, 2.45) is 0 Å². The Bertz CT molecular complexity index is 243. The monoisotopic (exact) mass is 144 g/mol. The Hall–Kier alpha value is -1.59. The summed E-state index contributed by atoms with van der Waals surface area (Å²) < 4.78 is 8.75. The van der Waals surface area contributed by atoms with Crippen LogP contribution in [0.25, 0.3) is 0 Å². The first-order valence-corrected chi connectivity index (χ1v) is 2.35. The van der Waals surface area contributed by atoms with Crippen LogP contribution in [0.3, 0.4) is 0 Å². The number of carbonyl (C=O) groups is 1. The number of carboxylic acid groups (broad SMARTS) is 1. The molecule has 1 N–H and O–H groups in total. The van der Waals surface area contributed by atoms with Gasteiger partial charge in [-0.25, -0.2) is 4.79 Å². The molecular formula is C4H4N2O4. The molecule has 0 radical (unpaired) electrons. The van der Waals surface area contributed by atoms with Gasteiger partial charge in [0.2, 0.25) is 0 Å². The Balaban J connectivity index is 2.88. The molecule has 0 aromatic carbocycles. The van der Waals surface area contributed by atoms with Crippen molar-refractivity contribution >= 4 is 5.97 Å². The van der Waals surface area contributed by atoms with Gasteiger partial charge in [-0.05, 0) is 5.16 Å². The number of aromatic carboxylic acids is 1. The minimum atomic E-state index is -1.24. The smallest absolute Gasteiger partial charge is 0.417 e. The van der Waals surface area contributed by atoms with Gasteiger partial charge in [0.15, 0.2) is 0 Å². The van der Waals surface area contributed by atoms with Crippen LogP contribution in [0.15, 0.2) is 4.52 Å². The van der Waals surface area contributed by atoms with E-state index in [1.807, 2.05) is 0 Å². The van der Waals surface area contributed by atoms with Crippen LogP contribution in [-0.2, 0) is 0 Å². The molecule has 1 aromatic rings. The largest absolute Gasteiger partial charge is 0.475 e. The molecule has 1 heterocycles. The molecule has 1 rings (SSSR count). The number of nitrogens with zero attached hydrogens (tertiary/aromatic N) is 2. The van der Waals surface area contributed by atoms with Crippen molar-refractivity contribution < 1.29 is 19.2 Å². The number of carboxylic acids is 1. The molecule has 0 aliphatic carbocycles. The van der Waals surface area contributed by atoms with Gasteiger partial charge in [-0.1, -0.05) is 0 Å². The lowest BCUT2D eigenvalue weighted by molar-refractivity contribution is 0.0680. The average Bonchev–Trinajstić information content (AvgIpc) is 2.34. The minimum Gasteiger partial charge on any atom is -0.475 e. The second-order valence-electron chi connectivity index (χ2n) is 1.39. The number of aromatic nitrogens is 2. The first-order chi connectivity index (χ1) is 4.74. The Morgan fingerprint density at radius 1 is 1.80 bits per heavy atom. The second-order valence-corrected chi connectivity index (χ2v) is 1.39. The standard InChI is InChI=1S/C4H4N2O4/c1-9-4-5-2(3(7)8)6-10-4/h1H3,(H,7,8). The maximum Gasteiger partial charge on any atom is 0.417 e. The summed E-state index contributed by atoms with van der Waals surface area (Å²) in [5, 5.41) is 11.3. The molecule has 0 saturated carbocycles. The van der Waals surface area contributed by atoms with Crippen molar-refractivity contribution in [1.29, 1.82) is 0 Å². The number of methoxy groups -OCH3 is 1. The fourth-order valence-electron chi connectivity index (χ4n) is 0.379. The number of hydrogen-bond donors (Lipinski definition) is 1. The van der Waals surface area contributed by atoms with E-state index in [4.69, 9.17) is 5.11 Å². The SMILES string of the molecule is COc1nc(C(=O)O)no1. The summed E-state index contributed by atoms with van der Waals surface area (Å²) in [5.41, 5.74) is 0. The van der Waals surface area contributed by atoms with Crippen LogP contribution in [0.2, 0.25) is 0 Å². The van der Waals surface area contributed by atoms with Crippen LogP contribution >= 0.6 is 0 Å². The summed E-state index contributed by atoms with van der Waals surface area (Å²) in [4.78, 5) is 13.4. The maximum atomic E-state index is 10.1. The van der Waals surface area contributed by atoms with Crippen LogP contribution in [0.1, 0.15) is 10.6 Å². The predicted octanol–water partition coefficient (Wildman–Crippen LogP) is -0.224. The molecule has 54 valence electrons. The van der Waals surface area contributed by atoms with Crippen LogP contribution in [0.4, 0.5) is 0 Å². The first-order valence-electron chi connectivity index (χ1n) is 2.35. The van der Waals surface area contributed by atoms with Crippen LogP contribution < -0.4 is 4.74 Å². The van der Waals surface area contributed by atoms with Crippen molar-refractivity contribution in [3.63, 3.8) is 0 Å². The van der Waals surface area contributed by atoms with E-state index in [0.717, 1.165) is 0 Å². The van der Waals surface area contributed by atoms with Gasteiger partial charge < -0.3 is 9.84 Å². The molecule has 0 unspecified atom stereocenters. The molecule has 0 amide bonds. The van der Waals surface area contributed by atoms with Gasteiger partial charge in [0.05, 0.1) is 7.11 Å². The molecular weight excluding hydrogens is 140 g/mol. The summed E-state index contributed by atoms with van der Waals surface area (Å²) in [5.74, 6) is -1.65. The molecule has 0 spiro atoms. The zero-order valence-corrected chi connectivity index (χ0v) is 5.07. The Labute approximate surface area is 55.4 Å². The molecule has 0 saturated heterocycles. The molecule has 10 heavy (non-hydrogen) atoms. The highest BCUT2D eigenvalue weighted by Gasteiger charge is 2.11. The van der Waals surface area contributed by atoms with Crippen LogP contribution in [0, 0.1) is 0 Å². The topological polar surface area (TPSA) is 85.5 Å². The zero-order valence-electron chi connectivity index (χ0n) is 5.07. The van der Waals surface area contributed by atoms with Gasteiger partial charge in [-0.3, -0.25) is 4.52 Å². The zero-order chi connectivity index (χ0) is 7.56. The molecule has 0 fully saturated rings. The minimum absolute atomic E-state index is 0.155. The van der Waals surface area contributed by atoms with E-state index in [1.54, 1.807) is 0 Å². The highest BCUT2D eigenvalue weighted by Crippen LogP contribution is 2.03. The Morgan fingerprint density at radius 2 is 2.50 bits per heavy atom. The summed E-state index contributed by atoms with van der Waals surface area (Å²) >= 11 is 0. The molecule has 1 aromatic heterocycles. The van der Waals surface area contributed by atoms with Crippen molar-refractivity contribution in [2.45, 2.75) is 0 Å². The van der Waals surface area contributed by atoms with E-state index in [0.29, 0.717) is 0 Å². The van der Waals surface area contributed by atoms with Crippen molar-refractivity contribution in [1.82, 2.24) is 10.1 Å². The highest BCUT2D eigenvalue weighted by atomic mass is 16.6. The van der Waals surface area contributed by atoms with Gasteiger partial charge in [0.1, 0.15) is 0 Å². The number of ether oxygens (including phenoxy) is 1. The van der Waals surface area contributed by atoms with Gasteiger partial charge in [0.25, 0.3) is 5.82 Å². The molecule has 0 aliphatic heterocycles. The second kappa shape index (κ2) is 2.34. The lowest BCUT2D eigenvalue weighted by Gasteiger charge is -1.81. The summed E-state index contributed by atoms with van der Waals surface area (Å²) in [6, 6.07) is 0. The quantitative estimate of drug-likeness (QED) is 0.617. The van der Waals surface area contributed by atoms with E-state index in [-0.39, 0.29) is 6.08 Å². The third-order valence-corrected chi connectivity index (χ3v) is 0.773. The van der Waals surface area contributed by atoms with E-state index >= 15 is 0 Å². The normalized spacial score (nSPS) is 9.30. The highest BCUT2D eigenvalue weighted by molar-refractivity contribution is 5.82. The van der Waals surface area contributed by atoms with Crippen molar-refractivity contribution in [3.8, 4) is 6.08 Å². The van der Waals surface area contributed by atoms with Crippen LogP contribution in [0.5, 0.6) is 6.08 Å². The number of hydrogen-bond acceptors (Lipinski definition) is 5. The first kappa shape index (κ1) is 6.53. The molecule has 6 heteroatoms. The predicted molar refractivity (Wildman–Crippen MR) is 27.8 cm³/mol. The Morgan fingerprint density at radius 3 is 2.80 bits per heavy atom. The fraction of sp³-hybridized carbons (Fsp3) is 0.250. The molecule has 0 aliphatic rings. The average molecular weight is 144 g/mol. The molecule has 0 atom stereocenters. The molecule has 0 bridgehead atoms. The molecule has 6 nitrogen and oxygen atoms in total. The van der Waals surface area contributed by atoms with Crippen molar-refractivity contribution in [3.05, 3.63) is 5.82 Å².